The summed E-state index contributed by atoms with van der Waals surface area (Å²) >= 11 is 6.15. The summed E-state index contributed by atoms with van der Waals surface area (Å²) in [5, 5.41) is 2.72. The summed E-state index contributed by atoms with van der Waals surface area (Å²) in [6.07, 6.45) is 1.51. The average molecular weight is 270 g/mol. The monoisotopic (exact) mass is 269 g/mol. The molecular formula is C12H20ClN5. The summed E-state index contributed by atoms with van der Waals surface area (Å²) in [5.74, 6) is 1.13. The predicted molar refractivity (Wildman–Crippen MR) is 73.8 cm³/mol. The van der Waals surface area contributed by atoms with Crippen LogP contribution in [0, 0.1) is 0 Å². The summed E-state index contributed by atoms with van der Waals surface area (Å²) in [4.78, 5) is 10.7. The number of hydrogen-bond acceptors (Lipinski definition) is 5. The maximum atomic E-state index is 6.15. The lowest BCUT2D eigenvalue weighted by Gasteiger charge is -2.33. The zero-order chi connectivity index (χ0) is 13.1. The zero-order valence-corrected chi connectivity index (χ0v) is 11.9. The summed E-state index contributed by atoms with van der Waals surface area (Å²) < 4.78 is 0. The quantitative estimate of drug-likeness (QED) is 0.848. The zero-order valence-electron chi connectivity index (χ0n) is 11.1. The number of rotatable bonds is 3. The molecule has 0 bridgehead atoms. The number of anilines is 1. The Morgan fingerprint density at radius 1 is 1.22 bits per heavy atom. The molecule has 0 aromatic carbocycles. The van der Waals surface area contributed by atoms with Gasteiger partial charge in [-0.25, -0.2) is 15.0 Å². The second-order valence-corrected chi connectivity index (χ2v) is 5.34. The molecule has 0 atom stereocenters. The van der Waals surface area contributed by atoms with E-state index >= 15 is 0 Å². The van der Waals surface area contributed by atoms with Crippen LogP contribution in [0.25, 0.3) is 0 Å². The van der Waals surface area contributed by atoms with Gasteiger partial charge in [-0.15, -0.1) is 0 Å². The van der Waals surface area contributed by atoms with Gasteiger partial charge in [-0.1, -0.05) is 25.4 Å². The van der Waals surface area contributed by atoms with Crippen molar-refractivity contribution in [2.75, 3.05) is 38.7 Å². The highest BCUT2D eigenvalue weighted by molar-refractivity contribution is 6.30. The van der Waals surface area contributed by atoms with Gasteiger partial charge in [0.05, 0.1) is 0 Å². The van der Waals surface area contributed by atoms with Crippen molar-refractivity contribution in [1.29, 1.82) is 0 Å². The third kappa shape index (κ3) is 3.10. The molecule has 0 spiro atoms. The Bertz CT molecular complexity index is 401. The summed E-state index contributed by atoms with van der Waals surface area (Å²) in [6, 6.07) is 0. The number of halogens is 1. The third-order valence-electron chi connectivity index (χ3n) is 3.18. The molecule has 2 heterocycles. The Labute approximate surface area is 113 Å². The fourth-order valence-corrected chi connectivity index (χ4v) is 2.39. The van der Waals surface area contributed by atoms with Crippen LogP contribution in [0.4, 0.5) is 5.82 Å². The van der Waals surface area contributed by atoms with Crippen molar-refractivity contribution < 1.29 is 0 Å². The highest BCUT2D eigenvalue weighted by atomic mass is 35.5. The Morgan fingerprint density at radius 3 is 2.50 bits per heavy atom. The first-order valence-electron chi connectivity index (χ1n) is 6.28. The van der Waals surface area contributed by atoms with E-state index in [2.05, 4.69) is 46.2 Å². The molecule has 0 saturated carbocycles. The van der Waals surface area contributed by atoms with Gasteiger partial charge in [-0.05, 0) is 13.0 Å². The van der Waals surface area contributed by atoms with Crippen LogP contribution in [-0.4, -0.2) is 53.1 Å². The SMILES string of the molecule is CC(C)c1c(Cl)ncnc1NN1CCN(C)CC1. The first kappa shape index (κ1) is 13.5. The molecule has 5 nitrogen and oxygen atoms in total. The normalized spacial score (nSPS) is 18.3. The van der Waals surface area contributed by atoms with Gasteiger partial charge in [0.1, 0.15) is 17.3 Å². The van der Waals surface area contributed by atoms with Crippen LogP contribution in [0.1, 0.15) is 25.3 Å². The maximum absolute atomic E-state index is 6.15. The number of nitrogens with one attached hydrogen (secondary N) is 1. The number of hydrazine groups is 1. The molecular weight excluding hydrogens is 250 g/mol. The molecule has 100 valence electrons. The van der Waals surface area contributed by atoms with Crippen LogP contribution in [0.5, 0.6) is 0 Å². The maximum Gasteiger partial charge on any atom is 0.148 e. The van der Waals surface area contributed by atoms with E-state index < -0.39 is 0 Å². The average Bonchev–Trinajstić information content (AvgIpc) is 2.32. The van der Waals surface area contributed by atoms with Gasteiger partial charge in [-0.3, -0.25) is 0 Å². The van der Waals surface area contributed by atoms with Crippen LogP contribution in [-0.2, 0) is 0 Å². The van der Waals surface area contributed by atoms with E-state index in [4.69, 9.17) is 11.6 Å². The predicted octanol–water partition coefficient (Wildman–Crippen LogP) is 1.83. The summed E-state index contributed by atoms with van der Waals surface area (Å²) in [6.45, 7) is 8.27. The number of likely N-dealkylation sites (N-methyl/N-ethyl adjacent to an activating group) is 1. The van der Waals surface area contributed by atoms with Crippen molar-refractivity contribution in [2.24, 2.45) is 0 Å². The summed E-state index contributed by atoms with van der Waals surface area (Å²) in [5.41, 5.74) is 4.35. The van der Waals surface area contributed by atoms with Gasteiger partial charge in [0.15, 0.2) is 0 Å². The molecule has 0 radical (unpaired) electrons. The fraction of sp³-hybridized carbons (Fsp3) is 0.667. The molecule has 0 unspecified atom stereocenters. The van der Waals surface area contributed by atoms with Crippen LogP contribution in [0.15, 0.2) is 6.33 Å². The number of hydrogen-bond donors (Lipinski definition) is 1. The minimum atomic E-state index is 0.300. The first-order valence-corrected chi connectivity index (χ1v) is 6.66. The van der Waals surface area contributed by atoms with Crippen molar-refractivity contribution in [3.63, 3.8) is 0 Å². The molecule has 1 aliphatic heterocycles. The van der Waals surface area contributed by atoms with Crippen molar-refractivity contribution in [3.8, 4) is 0 Å². The molecule has 6 heteroatoms. The molecule has 1 aliphatic rings. The number of piperazine rings is 1. The van der Waals surface area contributed by atoms with Crippen LogP contribution in [0.2, 0.25) is 5.15 Å². The highest BCUT2D eigenvalue weighted by Crippen LogP contribution is 2.28. The van der Waals surface area contributed by atoms with Crippen molar-refractivity contribution in [3.05, 3.63) is 17.0 Å². The van der Waals surface area contributed by atoms with Gasteiger partial charge in [0, 0.05) is 31.7 Å². The van der Waals surface area contributed by atoms with E-state index in [-0.39, 0.29) is 0 Å². The molecule has 18 heavy (non-hydrogen) atoms. The number of aromatic nitrogens is 2. The second kappa shape index (κ2) is 5.82. The highest BCUT2D eigenvalue weighted by Gasteiger charge is 2.18. The molecule has 1 aromatic heterocycles. The smallest absolute Gasteiger partial charge is 0.148 e. The van der Waals surface area contributed by atoms with Gasteiger partial charge >= 0.3 is 0 Å². The molecule has 0 amide bonds. The molecule has 1 N–H and O–H groups in total. The van der Waals surface area contributed by atoms with Crippen molar-refractivity contribution >= 4 is 17.4 Å². The van der Waals surface area contributed by atoms with Gasteiger partial charge in [0.2, 0.25) is 0 Å². The van der Waals surface area contributed by atoms with E-state index in [1.54, 1.807) is 0 Å². The summed E-state index contributed by atoms with van der Waals surface area (Å²) in [7, 11) is 2.14. The van der Waals surface area contributed by atoms with E-state index in [9.17, 15) is 0 Å². The standard InChI is InChI=1S/C12H20ClN5/c1-9(2)10-11(13)14-8-15-12(10)16-18-6-4-17(3)5-7-18/h8-9H,4-7H2,1-3H3,(H,14,15,16). The van der Waals surface area contributed by atoms with E-state index in [1.165, 1.54) is 6.33 Å². The van der Waals surface area contributed by atoms with Gasteiger partial charge in [0.25, 0.3) is 0 Å². The minimum absolute atomic E-state index is 0.300. The molecule has 2 rings (SSSR count). The van der Waals surface area contributed by atoms with Crippen LogP contribution < -0.4 is 5.43 Å². The first-order chi connectivity index (χ1) is 8.58. The lowest BCUT2D eigenvalue weighted by Crippen LogP contribution is -2.47. The lowest BCUT2D eigenvalue weighted by molar-refractivity contribution is 0.178. The van der Waals surface area contributed by atoms with Gasteiger partial charge < -0.3 is 10.3 Å². The molecule has 1 aromatic rings. The largest absolute Gasteiger partial charge is 0.304 e. The minimum Gasteiger partial charge on any atom is -0.304 e. The Kier molecular flexibility index (Phi) is 4.37. The van der Waals surface area contributed by atoms with Crippen molar-refractivity contribution in [2.45, 2.75) is 19.8 Å². The lowest BCUT2D eigenvalue weighted by atomic mass is 10.1. The number of nitrogens with zero attached hydrogens (tertiary/aromatic N) is 4. The van der Waals surface area contributed by atoms with Crippen molar-refractivity contribution in [1.82, 2.24) is 19.9 Å². The Morgan fingerprint density at radius 2 is 1.89 bits per heavy atom. The van der Waals surface area contributed by atoms with E-state index in [0.717, 1.165) is 37.6 Å². The van der Waals surface area contributed by atoms with E-state index in [1.807, 2.05) is 0 Å². The fourth-order valence-electron chi connectivity index (χ4n) is 2.04. The van der Waals surface area contributed by atoms with Gasteiger partial charge in [-0.2, -0.15) is 0 Å². The molecule has 0 aliphatic carbocycles. The van der Waals surface area contributed by atoms with Crippen LogP contribution >= 0.6 is 11.6 Å². The topological polar surface area (TPSA) is 44.3 Å². The Hall–Kier alpha value is -0.910. The molecule has 1 fully saturated rings. The molecule has 1 saturated heterocycles. The second-order valence-electron chi connectivity index (χ2n) is 4.98. The third-order valence-corrected chi connectivity index (χ3v) is 3.48. The Balaban J connectivity index is 2.11. The van der Waals surface area contributed by atoms with E-state index in [0.29, 0.717) is 11.1 Å². The van der Waals surface area contributed by atoms with Crippen LogP contribution in [0.3, 0.4) is 0 Å².